The van der Waals surface area contributed by atoms with Crippen LogP contribution in [0.5, 0.6) is 0 Å². The fourth-order valence-electron chi connectivity index (χ4n) is 2.44. The Kier molecular flexibility index (Phi) is 11.5. The summed E-state index contributed by atoms with van der Waals surface area (Å²) in [6, 6.07) is -3.01. The zero-order chi connectivity index (χ0) is 22.7. The molecule has 0 saturated heterocycles. The summed E-state index contributed by atoms with van der Waals surface area (Å²) < 4.78 is 0. The van der Waals surface area contributed by atoms with E-state index in [2.05, 4.69) is 16.0 Å². The second kappa shape index (κ2) is 12.7. The van der Waals surface area contributed by atoms with Crippen LogP contribution in [0.3, 0.4) is 0 Å². The topological polar surface area (TPSA) is 194 Å². The highest BCUT2D eigenvalue weighted by Crippen LogP contribution is 2.06. The van der Waals surface area contributed by atoms with Crippen LogP contribution in [0.2, 0.25) is 0 Å². The number of amides is 4. The van der Waals surface area contributed by atoms with Crippen LogP contribution in [0.1, 0.15) is 47.0 Å². The van der Waals surface area contributed by atoms with E-state index in [4.69, 9.17) is 16.6 Å². The quantitative estimate of drug-likeness (QED) is 0.209. The van der Waals surface area contributed by atoms with Crippen molar-refractivity contribution in [1.82, 2.24) is 16.0 Å². The number of carboxylic acid groups (broad SMARTS) is 1. The van der Waals surface area contributed by atoms with Crippen LogP contribution in [-0.2, 0) is 24.0 Å². The van der Waals surface area contributed by atoms with Crippen molar-refractivity contribution in [3.63, 3.8) is 0 Å². The molecule has 0 bridgehead atoms. The van der Waals surface area contributed by atoms with Gasteiger partial charge in [-0.3, -0.25) is 19.2 Å². The highest BCUT2D eigenvalue weighted by molar-refractivity contribution is 5.92. The zero-order valence-electron chi connectivity index (χ0n) is 17.4. The van der Waals surface area contributed by atoms with Gasteiger partial charge in [-0.25, -0.2) is 4.79 Å². The van der Waals surface area contributed by atoms with Crippen LogP contribution in [-0.4, -0.2) is 59.4 Å². The first-order valence-corrected chi connectivity index (χ1v) is 9.49. The Morgan fingerprint density at radius 2 is 1.55 bits per heavy atom. The lowest BCUT2D eigenvalue weighted by Crippen LogP contribution is -2.54. The third-order valence-corrected chi connectivity index (χ3v) is 4.05. The minimum atomic E-state index is -1.17. The van der Waals surface area contributed by atoms with E-state index >= 15 is 0 Å². The molecule has 29 heavy (non-hydrogen) atoms. The lowest BCUT2D eigenvalue weighted by molar-refractivity contribution is -0.143. The molecule has 11 nitrogen and oxygen atoms in total. The van der Waals surface area contributed by atoms with Crippen molar-refractivity contribution in [2.24, 2.45) is 23.3 Å². The van der Waals surface area contributed by atoms with Crippen LogP contribution in [0.25, 0.3) is 0 Å². The third-order valence-electron chi connectivity index (χ3n) is 4.05. The van der Waals surface area contributed by atoms with E-state index in [1.807, 2.05) is 13.8 Å². The molecule has 0 aliphatic rings. The van der Waals surface area contributed by atoms with Gasteiger partial charge in [0.2, 0.25) is 23.6 Å². The number of carbonyl (C=O) groups excluding carboxylic acids is 4. The molecule has 0 aliphatic heterocycles. The van der Waals surface area contributed by atoms with Crippen LogP contribution < -0.4 is 27.4 Å². The first-order valence-electron chi connectivity index (χ1n) is 9.49. The number of carbonyl (C=O) groups is 5. The lowest BCUT2D eigenvalue weighted by Gasteiger charge is -2.22. The molecule has 3 atom stereocenters. The number of carboxylic acids is 1. The normalized spacial score (nSPS) is 14.0. The van der Waals surface area contributed by atoms with Crippen LogP contribution in [0.15, 0.2) is 0 Å². The highest BCUT2D eigenvalue weighted by atomic mass is 16.4. The number of hydrogen-bond donors (Lipinski definition) is 6. The van der Waals surface area contributed by atoms with Gasteiger partial charge in [0.15, 0.2) is 0 Å². The van der Waals surface area contributed by atoms with Gasteiger partial charge in [-0.05, 0) is 24.7 Å². The average Bonchev–Trinajstić information content (AvgIpc) is 2.60. The summed E-state index contributed by atoms with van der Waals surface area (Å²) in [7, 11) is 0. The van der Waals surface area contributed by atoms with Crippen LogP contribution in [0.4, 0.5) is 0 Å². The van der Waals surface area contributed by atoms with Gasteiger partial charge in [0.25, 0.3) is 0 Å². The van der Waals surface area contributed by atoms with E-state index < -0.39 is 54.3 Å². The van der Waals surface area contributed by atoms with E-state index in [-0.39, 0.29) is 24.7 Å². The van der Waals surface area contributed by atoms with Crippen LogP contribution >= 0.6 is 0 Å². The maximum atomic E-state index is 12.4. The van der Waals surface area contributed by atoms with Crippen LogP contribution in [0, 0.1) is 11.8 Å². The van der Waals surface area contributed by atoms with Gasteiger partial charge in [-0.2, -0.15) is 0 Å². The summed E-state index contributed by atoms with van der Waals surface area (Å²) in [4.78, 5) is 58.5. The van der Waals surface area contributed by atoms with Gasteiger partial charge in [-0.15, -0.1) is 0 Å². The monoisotopic (exact) mass is 415 g/mol. The summed E-state index contributed by atoms with van der Waals surface area (Å²) in [5, 5.41) is 16.3. The fraction of sp³-hybridized carbons (Fsp3) is 0.722. The summed E-state index contributed by atoms with van der Waals surface area (Å²) in [5.74, 6) is -3.90. The number of nitrogens with one attached hydrogen (secondary N) is 3. The van der Waals surface area contributed by atoms with Crippen molar-refractivity contribution >= 4 is 29.6 Å². The molecular formula is C18H33N5O6. The Morgan fingerprint density at radius 3 is 2.00 bits per heavy atom. The van der Waals surface area contributed by atoms with Crippen molar-refractivity contribution in [3.05, 3.63) is 0 Å². The number of hydrogen-bond acceptors (Lipinski definition) is 6. The molecule has 0 saturated carbocycles. The minimum Gasteiger partial charge on any atom is -0.480 e. The molecule has 0 aromatic carbocycles. The highest BCUT2D eigenvalue weighted by Gasteiger charge is 2.26. The number of primary amides is 1. The summed E-state index contributed by atoms with van der Waals surface area (Å²) >= 11 is 0. The Hall–Kier alpha value is -2.69. The fourth-order valence-corrected chi connectivity index (χ4v) is 2.44. The second-order valence-corrected chi connectivity index (χ2v) is 7.65. The predicted molar refractivity (Wildman–Crippen MR) is 105 cm³/mol. The molecule has 0 rings (SSSR count). The molecule has 11 heteroatoms. The molecule has 0 aromatic rings. The number of aliphatic carboxylic acids is 1. The molecule has 0 aromatic heterocycles. The van der Waals surface area contributed by atoms with E-state index in [0.29, 0.717) is 6.42 Å². The van der Waals surface area contributed by atoms with E-state index in [0.717, 1.165) is 0 Å². The Bertz CT molecular complexity index is 608. The molecule has 8 N–H and O–H groups in total. The van der Waals surface area contributed by atoms with Gasteiger partial charge >= 0.3 is 5.97 Å². The standard InChI is InChI=1S/C18H33N5O6/c1-9(2)7-12(22-16(26)11(19)5-6-13(20)24)17(27)21-8-14(25)23-15(10(3)4)18(28)29/h9-12,15H,5-8,19H2,1-4H3,(H2,20,24)(H,21,27)(H,22,26)(H,23,25)(H,28,29). The van der Waals surface area contributed by atoms with Crippen molar-refractivity contribution in [2.75, 3.05) is 6.54 Å². The maximum Gasteiger partial charge on any atom is 0.326 e. The molecular weight excluding hydrogens is 382 g/mol. The van der Waals surface area contributed by atoms with Crippen molar-refractivity contribution in [3.8, 4) is 0 Å². The summed E-state index contributed by atoms with van der Waals surface area (Å²) in [5.41, 5.74) is 10.7. The summed E-state index contributed by atoms with van der Waals surface area (Å²) in [6.45, 7) is 6.56. The van der Waals surface area contributed by atoms with Gasteiger partial charge < -0.3 is 32.5 Å². The Morgan fingerprint density at radius 1 is 0.966 bits per heavy atom. The van der Waals surface area contributed by atoms with E-state index in [1.54, 1.807) is 13.8 Å². The minimum absolute atomic E-state index is 0.0470. The second-order valence-electron chi connectivity index (χ2n) is 7.65. The molecule has 0 spiro atoms. The first-order chi connectivity index (χ1) is 13.3. The zero-order valence-corrected chi connectivity index (χ0v) is 17.4. The van der Waals surface area contributed by atoms with Gasteiger partial charge in [0.1, 0.15) is 12.1 Å². The average molecular weight is 415 g/mol. The van der Waals surface area contributed by atoms with Crippen molar-refractivity contribution < 1.29 is 29.1 Å². The van der Waals surface area contributed by atoms with Gasteiger partial charge in [0.05, 0.1) is 12.6 Å². The third kappa shape index (κ3) is 11.0. The molecule has 0 fully saturated rings. The summed E-state index contributed by atoms with van der Waals surface area (Å²) in [6.07, 6.45) is 0.285. The molecule has 0 aliphatic carbocycles. The SMILES string of the molecule is CC(C)CC(NC(=O)C(N)CCC(N)=O)C(=O)NCC(=O)NC(C(=O)O)C(C)C. The van der Waals surface area contributed by atoms with Crippen molar-refractivity contribution in [1.29, 1.82) is 0 Å². The smallest absolute Gasteiger partial charge is 0.326 e. The Balaban J connectivity index is 4.83. The van der Waals surface area contributed by atoms with E-state index in [9.17, 15) is 24.0 Å². The Labute approximate surface area is 170 Å². The molecule has 0 heterocycles. The molecule has 4 amide bonds. The lowest BCUT2D eigenvalue weighted by atomic mass is 10.0. The largest absolute Gasteiger partial charge is 0.480 e. The first kappa shape index (κ1) is 26.3. The van der Waals surface area contributed by atoms with Crippen molar-refractivity contribution in [2.45, 2.75) is 65.1 Å². The predicted octanol–water partition coefficient (Wildman–Crippen LogP) is -1.55. The molecule has 3 unspecified atom stereocenters. The van der Waals surface area contributed by atoms with E-state index in [1.165, 1.54) is 0 Å². The number of rotatable bonds is 13. The molecule has 166 valence electrons. The van der Waals surface area contributed by atoms with Gasteiger partial charge in [0, 0.05) is 6.42 Å². The maximum absolute atomic E-state index is 12.4. The molecule has 0 radical (unpaired) electrons. The number of nitrogens with two attached hydrogens (primary N) is 2. The van der Waals surface area contributed by atoms with Gasteiger partial charge in [-0.1, -0.05) is 27.7 Å².